The molecule has 0 aromatic heterocycles. The van der Waals surface area contributed by atoms with E-state index in [1.165, 1.54) is 0 Å². The van der Waals surface area contributed by atoms with Gasteiger partial charge in [0.05, 0.1) is 0 Å². The molecule has 6 nitrogen and oxygen atoms in total. The standard InChI is InChI=1S/C13H16N2O4/c1-8(13(14)17)4-12(16)15-6-9-2-3-10-11(5-9)19-7-18-10/h2-3,5,8H,4,6-7H2,1H3,(H2,14,17)(H,15,16). The summed E-state index contributed by atoms with van der Waals surface area (Å²) in [5.74, 6) is 0.244. The SMILES string of the molecule is CC(CC(=O)NCc1ccc2c(c1)OCO2)C(N)=O. The van der Waals surface area contributed by atoms with E-state index >= 15 is 0 Å². The molecule has 0 aliphatic carbocycles. The van der Waals surface area contributed by atoms with Crippen LogP contribution in [0.4, 0.5) is 0 Å². The number of fused-ring (bicyclic) bond motifs is 1. The van der Waals surface area contributed by atoms with Gasteiger partial charge in [-0.2, -0.15) is 0 Å². The van der Waals surface area contributed by atoms with Crippen LogP contribution in [0.5, 0.6) is 11.5 Å². The molecule has 0 fully saturated rings. The smallest absolute Gasteiger partial charge is 0.231 e. The lowest BCUT2D eigenvalue weighted by molar-refractivity contribution is -0.128. The van der Waals surface area contributed by atoms with Crippen LogP contribution in [0.25, 0.3) is 0 Å². The number of hydrogen-bond acceptors (Lipinski definition) is 4. The van der Waals surface area contributed by atoms with Crippen LogP contribution in [-0.4, -0.2) is 18.6 Å². The van der Waals surface area contributed by atoms with Crippen molar-refractivity contribution in [3.8, 4) is 11.5 Å². The fraction of sp³-hybridized carbons (Fsp3) is 0.385. The maximum absolute atomic E-state index is 11.6. The summed E-state index contributed by atoms with van der Waals surface area (Å²) in [6, 6.07) is 5.47. The summed E-state index contributed by atoms with van der Waals surface area (Å²) >= 11 is 0. The first-order valence-electron chi connectivity index (χ1n) is 6.01. The maximum atomic E-state index is 11.6. The van der Waals surface area contributed by atoms with E-state index in [0.717, 1.165) is 5.56 Å². The second-order valence-electron chi connectivity index (χ2n) is 4.47. The molecule has 1 atom stereocenters. The van der Waals surface area contributed by atoms with E-state index in [4.69, 9.17) is 15.2 Å². The average Bonchev–Trinajstić information content (AvgIpc) is 2.83. The molecule has 1 unspecified atom stereocenters. The Kier molecular flexibility index (Phi) is 3.89. The molecule has 2 amide bonds. The van der Waals surface area contributed by atoms with Gasteiger partial charge in [-0.05, 0) is 17.7 Å². The van der Waals surface area contributed by atoms with Crippen LogP contribution < -0.4 is 20.5 Å². The number of nitrogens with one attached hydrogen (secondary N) is 1. The van der Waals surface area contributed by atoms with Crippen LogP contribution in [0.1, 0.15) is 18.9 Å². The van der Waals surface area contributed by atoms with Crippen molar-refractivity contribution in [2.75, 3.05) is 6.79 Å². The molecular weight excluding hydrogens is 248 g/mol. The number of benzene rings is 1. The van der Waals surface area contributed by atoms with Gasteiger partial charge in [-0.3, -0.25) is 9.59 Å². The summed E-state index contributed by atoms with van der Waals surface area (Å²) < 4.78 is 10.4. The third-order valence-electron chi connectivity index (χ3n) is 2.90. The van der Waals surface area contributed by atoms with E-state index < -0.39 is 11.8 Å². The van der Waals surface area contributed by atoms with Crippen molar-refractivity contribution >= 4 is 11.8 Å². The fourth-order valence-electron chi connectivity index (χ4n) is 1.70. The minimum absolute atomic E-state index is 0.0971. The van der Waals surface area contributed by atoms with Gasteiger partial charge in [0.25, 0.3) is 0 Å². The topological polar surface area (TPSA) is 90.7 Å². The van der Waals surface area contributed by atoms with Crippen molar-refractivity contribution in [3.05, 3.63) is 23.8 Å². The number of carbonyl (C=O) groups is 2. The first kappa shape index (κ1) is 13.2. The Morgan fingerprint density at radius 2 is 2.11 bits per heavy atom. The minimum Gasteiger partial charge on any atom is -0.454 e. The second-order valence-corrected chi connectivity index (χ2v) is 4.47. The largest absolute Gasteiger partial charge is 0.454 e. The number of rotatable bonds is 5. The zero-order valence-electron chi connectivity index (χ0n) is 10.6. The highest BCUT2D eigenvalue weighted by molar-refractivity contribution is 5.84. The van der Waals surface area contributed by atoms with Gasteiger partial charge in [0.1, 0.15) is 0 Å². The van der Waals surface area contributed by atoms with Crippen LogP contribution in [0.3, 0.4) is 0 Å². The molecular formula is C13H16N2O4. The highest BCUT2D eigenvalue weighted by Gasteiger charge is 2.15. The van der Waals surface area contributed by atoms with Gasteiger partial charge in [-0.15, -0.1) is 0 Å². The molecule has 19 heavy (non-hydrogen) atoms. The van der Waals surface area contributed by atoms with Crippen molar-refractivity contribution in [2.24, 2.45) is 11.7 Å². The highest BCUT2D eigenvalue weighted by Crippen LogP contribution is 2.32. The van der Waals surface area contributed by atoms with Crippen LogP contribution in [0.2, 0.25) is 0 Å². The number of primary amides is 1. The lowest BCUT2D eigenvalue weighted by atomic mass is 10.1. The Labute approximate surface area is 110 Å². The first-order chi connectivity index (χ1) is 9.06. The molecule has 1 aromatic carbocycles. The van der Waals surface area contributed by atoms with E-state index in [2.05, 4.69) is 5.32 Å². The van der Waals surface area contributed by atoms with Crippen molar-refractivity contribution in [3.63, 3.8) is 0 Å². The van der Waals surface area contributed by atoms with Crippen molar-refractivity contribution in [1.82, 2.24) is 5.32 Å². The van der Waals surface area contributed by atoms with Crippen LogP contribution in [0.15, 0.2) is 18.2 Å². The third kappa shape index (κ3) is 3.37. The van der Waals surface area contributed by atoms with Crippen molar-refractivity contribution in [1.29, 1.82) is 0 Å². The van der Waals surface area contributed by atoms with Gasteiger partial charge in [-0.25, -0.2) is 0 Å². The Balaban J connectivity index is 1.85. The Hall–Kier alpha value is -2.24. The monoisotopic (exact) mass is 264 g/mol. The second kappa shape index (κ2) is 5.60. The summed E-state index contributed by atoms with van der Waals surface area (Å²) in [6.45, 7) is 2.23. The lowest BCUT2D eigenvalue weighted by Crippen LogP contribution is -2.29. The fourth-order valence-corrected chi connectivity index (χ4v) is 1.70. The maximum Gasteiger partial charge on any atom is 0.231 e. The molecule has 6 heteroatoms. The predicted octanol–water partition coefficient (Wildman–Crippen LogP) is 0.543. The summed E-state index contributed by atoms with van der Waals surface area (Å²) in [5, 5.41) is 2.73. The van der Waals surface area contributed by atoms with Gasteiger partial charge >= 0.3 is 0 Å². The Morgan fingerprint density at radius 1 is 1.37 bits per heavy atom. The molecule has 2 rings (SSSR count). The van der Waals surface area contributed by atoms with Crippen LogP contribution >= 0.6 is 0 Å². The molecule has 1 heterocycles. The molecule has 1 aliphatic heterocycles. The molecule has 0 radical (unpaired) electrons. The van der Waals surface area contributed by atoms with Gasteiger partial charge in [0.15, 0.2) is 11.5 Å². The summed E-state index contributed by atoms with van der Waals surface area (Å²) in [5.41, 5.74) is 6.01. The quantitative estimate of drug-likeness (QED) is 0.812. The van der Waals surface area contributed by atoms with Gasteiger partial charge < -0.3 is 20.5 Å². The molecule has 1 aliphatic rings. The van der Waals surface area contributed by atoms with Crippen molar-refractivity contribution < 1.29 is 19.1 Å². The molecule has 0 bridgehead atoms. The summed E-state index contributed by atoms with van der Waals surface area (Å²) in [6.07, 6.45) is 0.0971. The first-order valence-corrected chi connectivity index (χ1v) is 6.01. The number of amides is 2. The van der Waals surface area contributed by atoms with E-state index in [-0.39, 0.29) is 19.1 Å². The Bertz CT molecular complexity index is 501. The van der Waals surface area contributed by atoms with E-state index in [0.29, 0.717) is 18.0 Å². The molecule has 1 aromatic rings. The average molecular weight is 264 g/mol. The molecule has 0 saturated carbocycles. The molecule has 3 N–H and O–H groups in total. The molecule has 0 saturated heterocycles. The van der Waals surface area contributed by atoms with E-state index in [9.17, 15) is 9.59 Å². The van der Waals surface area contributed by atoms with Gasteiger partial charge in [0, 0.05) is 18.9 Å². The molecule has 0 spiro atoms. The molecule has 102 valence electrons. The van der Waals surface area contributed by atoms with Crippen molar-refractivity contribution in [2.45, 2.75) is 19.9 Å². The number of carbonyl (C=O) groups excluding carboxylic acids is 2. The summed E-state index contributed by atoms with van der Waals surface area (Å²) in [7, 11) is 0. The van der Waals surface area contributed by atoms with E-state index in [1.807, 2.05) is 12.1 Å². The zero-order chi connectivity index (χ0) is 13.8. The summed E-state index contributed by atoms with van der Waals surface area (Å²) in [4.78, 5) is 22.4. The number of ether oxygens (including phenoxy) is 2. The lowest BCUT2D eigenvalue weighted by Gasteiger charge is -2.08. The Morgan fingerprint density at radius 3 is 2.84 bits per heavy atom. The van der Waals surface area contributed by atoms with E-state index in [1.54, 1.807) is 13.0 Å². The normalized spacial score (nSPS) is 13.9. The number of nitrogens with two attached hydrogens (primary N) is 1. The third-order valence-corrected chi connectivity index (χ3v) is 2.90. The highest BCUT2D eigenvalue weighted by atomic mass is 16.7. The van der Waals surface area contributed by atoms with Gasteiger partial charge in [0.2, 0.25) is 18.6 Å². The van der Waals surface area contributed by atoms with Crippen LogP contribution in [-0.2, 0) is 16.1 Å². The zero-order valence-corrected chi connectivity index (χ0v) is 10.6. The predicted molar refractivity (Wildman–Crippen MR) is 67.4 cm³/mol. The van der Waals surface area contributed by atoms with Gasteiger partial charge in [-0.1, -0.05) is 13.0 Å². The number of hydrogen-bond donors (Lipinski definition) is 2. The minimum atomic E-state index is -0.474. The van der Waals surface area contributed by atoms with Crippen LogP contribution in [0, 0.1) is 5.92 Å².